The van der Waals surface area contributed by atoms with E-state index in [1.54, 1.807) is 0 Å². The Morgan fingerprint density at radius 2 is 1.75 bits per heavy atom. The van der Waals surface area contributed by atoms with Crippen LogP contribution in [-0.4, -0.2) is 76.9 Å². The van der Waals surface area contributed by atoms with Crippen LogP contribution in [0.1, 0.15) is 26.7 Å². The molecule has 1 fully saturated rings. The van der Waals surface area contributed by atoms with Crippen LogP contribution in [0.15, 0.2) is 0 Å². The Hall–Kier alpha value is -0.160. The predicted molar refractivity (Wildman–Crippen MR) is 86.2 cm³/mol. The highest BCUT2D eigenvalue weighted by molar-refractivity contribution is 4.87. The summed E-state index contributed by atoms with van der Waals surface area (Å²) in [5.41, 5.74) is 0.397. The maximum atomic E-state index is 5.58. The van der Waals surface area contributed by atoms with E-state index in [2.05, 4.69) is 50.1 Å². The van der Waals surface area contributed by atoms with Crippen molar-refractivity contribution in [1.29, 1.82) is 0 Å². The summed E-state index contributed by atoms with van der Waals surface area (Å²) in [6.07, 6.45) is 2.37. The molecule has 4 heteroatoms. The van der Waals surface area contributed by atoms with E-state index in [-0.39, 0.29) is 0 Å². The average Bonchev–Trinajstić information content (AvgIpc) is 2.37. The molecule has 0 amide bonds. The summed E-state index contributed by atoms with van der Waals surface area (Å²) in [6, 6.07) is 0. The molecule has 0 saturated carbocycles. The second-order valence-electron chi connectivity index (χ2n) is 7.18. The summed E-state index contributed by atoms with van der Waals surface area (Å²) in [4.78, 5) is 4.74. The van der Waals surface area contributed by atoms with Gasteiger partial charge in [0.15, 0.2) is 0 Å². The maximum Gasteiger partial charge on any atom is 0.0472 e. The lowest BCUT2D eigenvalue weighted by Gasteiger charge is -2.40. The van der Waals surface area contributed by atoms with Gasteiger partial charge in [0.25, 0.3) is 0 Å². The topological polar surface area (TPSA) is 27.7 Å². The molecule has 1 saturated heterocycles. The fraction of sp³-hybridized carbons (Fsp3) is 1.00. The highest BCUT2D eigenvalue weighted by Crippen LogP contribution is 2.30. The highest BCUT2D eigenvalue weighted by Gasteiger charge is 2.33. The Morgan fingerprint density at radius 3 is 2.30 bits per heavy atom. The van der Waals surface area contributed by atoms with Crippen molar-refractivity contribution in [3.8, 4) is 0 Å². The van der Waals surface area contributed by atoms with Crippen LogP contribution < -0.4 is 5.32 Å². The second kappa shape index (κ2) is 8.98. The zero-order valence-corrected chi connectivity index (χ0v) is 14.2. The molecule has 1 aliphatic heterocycles. The van der Waals surface area contributed by atoms with E-state index in [4.69, 9.17) is 4.74 Å². The molecule has 0 unspecified atom stereocenters. The van der Waals surface area contributed by atoms with Crippen molar-refractivity contribution < 1.29 is 4.74 Å². The largest absolute Gasteiger partial charge is 0.381 e. The second-order valence-corrected chi connectivity index (χ2v) is 7.18. The third-order valence-corrected chi connectivity index (χ3v) is 4.14. The number of hydrogen-bond donors (Lipinski definition) is 1. The van der Waals surface area contributed by atoms with Crippen molar-refractivity contribution in [2.45, 2.75) is 26.7 Å². The number of nitrogens with one attached hydrogen (secondary N) is 1. The molecule has 0 radical (unpaired) electrons. The minimum atomic E-state index is 0.397. The fourth-order valence-electron chi connectivity index (χ4n) is 2.84. The monoisotopic (exact) mass is 285 g/mol. The highest BCUT2D eigenvalue weighted by atomic mass is 16.5. The SMILES string of the molecule is CC(C)CNCC1(CN(C)CCN(C)C)CCOCC1. The molecule has 0 aromatic carbocycles. The maximum absolute atomic E-state index is 5.58. The Bertz CT molecular complexity index is 250. The molecule has 0 aromatic heterocycles. The van der Waals surface area contributed by atoms with Crippen molar-refractivity contribution in [2.24, 2.45) is 11.3 Å². The Morgan fingerprint density at radius 1 is 1.10 bits per heavy atom. The Balaban J connectivity index is 2.45. The van der Waals surface area contributed by atoms with Gasteiger partial charge in [0.05, 0.1) is 0 Å². The molecule has 0 atom stereocenters. The molecule has 1 rings (SSSR count). The van der Waals surface area contributed by atoms with Gasteiger partial charge < -0.3 is 19.9 Å². The number of nitrogens with zero attached hydrogens (tertiary/aromatic N) is 2. The molecule has 1 heterocycles. The van der Waals surface area contributed by atoms with Crippen molar-refractivity contribution in [1.82, 2.24) is 15.1 Å². The van der Waals surface area contributed by atoms with Gasteiger partial charge in [-0.05, 0) is 51.9 Å². The molecule has 0 aliphatic carbocycles. The van der Waals surface area contributed by atoms with Crippen LogP contribution >= 0.6 is 0 Å². The zero-order chi connectivity index (χ0) is 15.0. The third-order valence-electron chi connectivity index (χ3n) is 4.14. The average molecular weight is 285 g/mol. The summed E-state index contributed by atoms with van der Waals surface area (Å²) in [5, 5.41) is 3.67. The molecule has 1 aliphatic rings. The minimum absolute atomic E-state index is 0.397. The molecule has 0 spiro atoms. The molecule has 120 valence electrons. The summed E-state index contributed by atoms with van der Waals surface area (Å²) in [5.74, 6) is 0.721. The lowest BCUT2D eigenvalue weighted by molar-refractivity contribution is -0.00135. The normalized spacial score (nSPS) is 19.2. The van der Waals surface area contributed by atoms with Crippen LogP contribution in [0, 0.1) is 11.3 Å². The van der Waals surface area contributed by atoms with Gasteiger partial charge >= 0.3 is 0 Å². The van der Waals surface area contributed by atoms with Crippen molar-refractivity contribution in [2.75, 3.05) is 67.1 Å². The molecule has 20 heavy (non-hydrogen) atoms. The molecule has 4 nitrogen and oxygen atoms in total. The molecule has 0 aromatic rings. The summed E-state index contributed by atoms with van der Waals surface area (Å²) >= 11 is 0. The van der Waals surface area contributed by atoms with E-state index < -0.39 is 0 Å². The van der Waals surface area contributed by atoms with Crippen LogP contribution in [0.4, 0.5) is 0 Å². The van der Waals surface area contributed by atoms with Gasteiger partial charge in [0, 0.05) is 39.4 Å². The van der Waals surface area contributed by atoms with Gasteiger partial charge in [0.2, 0.25) is 0 Å². The first-order chi connectivity index (χ1) is 9.43. The quantitative estimate of drug-likeness (QED) is 0.695. The molecule has 0 bridgehead atoms. The predicted octanol–water partition coefficient (Wildman–Crippen LogP) is 1.52. The standard InChI is InChI=1S/C16H35N3O/c1-15(2)12-17-13-16(6-10-20-11-7-16)14-19(5)9-8-18(3)4/h15,17H,6-14H2,1-5H3. The van der Waals surface area contributed by atoms with E-state index >= 15 is 0 Å². The van der Waals surface area contributed by atoms with E-state index in [1.807, 2.05) is 0 Å². The van der Waals surface area contributed by atoms with E-state index in [0.29, 0.717) is 5.41 Å². The minimum Gasteiger partial charge on any atom is -0.381 e. The Kier molecular flexibility index (Phi) is 8.03. The Labute approximate surface area is 125 Å². The lowest BCUT2D eigenvalue weighted by atomic mass is 9.79. The lowest BCUT2D eigenvalue weighted by Crippen LogP contribution is -2.48. The number of rotatable bonds is 9. The number of ether oxygens (including phenoxy) is 1. The van der Waals surface area contributed by atoms with Crippen LogP contribution in [0.3, 0.4) is 0 Å². The first kappa shape index (κ1) is 17.9. The first-order valence-corrected chi connectivity index (χ1v) is 8.05. The van der Waals surface area contributed by atoms with Crippen molar-refractivity contribution in [3.05, 3.63) is 0 Å². The number of hydrogen-bond acceptors (Lipinski definition) is 4. The van der Waals surface area contributed by atoms with Crippen LogP contribution in [0.2, 0.25) is 0 Å². The smallest absolute Gasteiger partial charge is 0.0472 e. The van der Waals surface area contributed by atoms with Crippen molar-refractivity contribution in [3.63, 3.8) is 0 Å². The van der Waals surface area contributed by atoms with Gasteiger partial charge in [-0.25, -0.2) is 0 Å². The summed E-state index contributed by atoms with van der Waals surface area (Å²) < 4.78 is 5.58. The van der Waals surface area contributed by atoms with Gasteiger partial charge in [-0.2, -0.15) is 0 Å². The van der Waals surface area contributed by atoms with E-state index in [9.17, 15) is 0 Å². The third kappa shape index (κ3) is 7.02. The van der Waals surface area contributed by atoms with Gasteiger partial charge in [0.1, 0.15) is 0 Å². The molecular formula is C16H35N3O. The van der Waals surface area contributed by atoms with Crippen molar-refractivity contribution >= 4 is 0 Å². The number of likely N-dealkylation sites (N-methyl/N-ethyl adjacent to an activating group) is 2. The fourth-order valence-corrected chi connectivity index (χ4v) is 2.84. The first-order valence-electron chi connectivity index (χ1n) is 8.05. The summed E-state index contributed by atoms with van der Waals surface area (Å²) in [6.45, 7) is 12.1. The van der Waals surface area contributed by atoms with Crippen LogP contribution in [0.25, 0.3) is 0 Å². The van der Waals surface area contributed by atoms with Gasteiger partial charge in [-0.1, -0.05) is 13.8 Å². The van der Waals surface area contributed by atoms with E-state index in [0.717, 1.165) is 45.3 Å². The summed E-state index contributed by atoms with van der Waals surface area (Å²) in [7, 11) is 6.54. The zero-order valence-electron chi connectivity index (χ0n) is 14.2. The molecule has 1 N–H and O–H groups in total. The van der Waals surface area contributed by atoms with Crippen LogP contribution in [0.5, 0.6) is 0 Å². The van der Waals surface area contributed by atoms with Gasteiger partial charge in [-0.15, -0.1) is 0 Å². The van der Waals surface area contributed by atoms with Crippen LogP contribution in [-0.2, 0) is 4.74 Å². The van der Waals surface area contributed by atoms with Gasteiger partial charge in [-0.3, -0.25) is 0 Å². The molecular weight excluding hydrogens is 250 g/mol. The van der Waals surface area contributed by atoms with E-state index in [1.165, 1.54) is 19.4 Å².